The summed E-state index contributed by atoms with van der Waals surface area (Å²) in [7, 11) is -3.57. The standard InChI is InChI=1S/C12H17ClN2O2S/c13-10-6-5-7-11(14)12(10)18(16,17)15-8-3-1-2-4-9-15/h5-7H,1-4,8-9,14H2. The lowest BCUT2D eigenvalue weighted by Gasteiger charge is -2.21. The number of benzene rings is 1. The summed E-state index contributed by atoms with van der Waals surface area (Å²) in [5, 5.41) is 0.194. The molecule has 1 aliphatic heterocycles. The molecule has 1 fully saturated rings. The second kappa shape index (κ2) is 5.47. The van der Waals surface area contributed by atoms with Gasteiger partial charge in [-0.3, -0.25) is 0 Å². The molecule has 4 nitrogen and oxygen atoms in total. The molecular formula is C12H17ClN2O2S. The second-order valence-electron chi connectivity index (χ2n) is 4.48. The molecule has 100 valence electrons. The molecule has 0 saturated carbocycles. The van der Waals surface area contributed by atoms with Gasteiger partial charge >= 0.3 is 0 Å². The number of anilines is 1. The number of hydrogen-bond donors (Lipinski definition) is 1. The summed E-state index contributed by atoms with van der Waals surface area (Å²) in [6.45, 7) is 1.10. The summed E-state index contributed by atoms with van der Waals surface area (Å²) >= 11 is 5.99. The van der Waals surface area contributed by atoms with Crippen molar-refractivity contribution in [3.05, 3.63) is 23.2 Å². The SMILES string of the molecule is Nc1cccc(Cl)c1S(=O)(=O)N1CCCCCC1. The van der Waals surface area contributed by atoms with Crippen molar-refractivity contribution in [1.29, 1.82) is 0 Å². The Kier molecular flexibility index (Phi) is 4.14. The van der Waals surface area contributed by atoms with Crippen molar-refractivity contribution in [2.75, 3.05) is 18.8 Å². The minimum absolute atomic E-state index is 0.0496. The van der Waals surface area contributed by atoms with Crippen LogP contribution in [0.4, 0.5) is 5.69 Å². The van der Waals surface area contributed by atoms with E-state index in [0.29, 0.717) is 13.1 Å². The van der Waals surface area contributed by atoms with Gasteiger partial charge in [0.2, 0.25) is 10.0 Å². The maximum absolute atomic E-state index is 12.5. The monoisotopic (exact) mass is 288 g/mol. The summed E-state index contributed by atoms with van der Waals surface area (Å²) in [5.41, 5.74) is 5.98. The quantitative estimate of drug-likeness (QED) is 0.851. The van der Waals surface area contributed by atoms with Gasteiger partial charge in [0.05, 0.1) is 10.7 Å². The molecule has 1 aromatic rings. The van der Waals surface area contributed by atoms with Gasteiger partial charge in [0.1, 0.15) is 4.90 Å². The average molecular weight is 289 g/mol. The van der Waals surface area contributed by atoms with Gasteiger partial charge in [-0.1, -0.05) is 30.5 Å². The largest absolute Gasteiger partial charge is 0.398 e. The van der Waals surface area contributed by atoms with Crippen LogP contribution < -0.4 is 5.73 Å². The van der Waals surface area contributed by atoms with Crippen LogP contribution in [-0.2, 0) is 10.0 Å². The highest BCUT2D eigenvalue weighted by atomic mass is 35.5. The number of hydrogen-bond acceptors (Lipinski definition) is 3. The lowest BCUT2D eigenvalue weighted by Crippen LogP contribution is -2.32. The van der Waals surface area contributed by atoms with E-state index in [2.05, 4.69) is 0 Å². The van der Waals surface area contributed by atoms with Crippen LogP contribution in [0.25, 0.3) is 0 Å². The predicted molar refractivity (Wildman–Crippen MR) is 73.1 cm³/mol. The van der Waals surface area contributed by atoms with Crippen molar-refractivity contribution < 1.29 is 8.42 Å². The number of nitrogens with two attached hydrogens (primary N) is 1. The summed E-state index contributed by atoms with van der Waals surface area (Å²) in [6.07, 6.45) is 3.93. The third kappa shape index (κ3) is 2.63. The summed E-state index contributed by atoms with van der Waals surface area (Å²) in [4.78, 5) is 0.0496. The summed E-state index contributed by atoms with van der Waals surface area (Å²) in [5.74, 6) is 0. The van der Waals surface area contributed by atoms with Crippen molar-refractivity contribution in [1.82, 2.24) is 4.31 Å². The molecule has 0 radical (unpaired) electrons. The normalized spacial score (nSPS) is 18.5. The van der Waals surface area contributed by atoms with Gasteiger partial charge in [0.15, 0.2) is 0 Å². The Hall–Kier alpha value is -0.780. The van der Waals surface area contributed by atoms with Crippen LogP contribution in [0.1, 0.15) is 25.7 Å². The Bertz CT molecular complexity index is 503. The van der Waals surface area contributed by atoms with Crippen molar-refractivity contribution >= 4 is 27.3 Å². The number of rotatable bonds is 2. The van der Waals surface area contributed by atoms with E-state index < -0.39 is 10.0 Å². The van der Waals surface area contributed by atoms with Gasteiger partial charge < -0.3 is 5.73 Å². The van der Waals surface area contributed by atoms with Crippen LogP contribution in [0.3, 0.4) is 0 Å². The van der Waals surface area contributed by atoms with E-state index in [1.807, 2.05) is 0 Å². The van der Waals surface area contributed by atoms with Gasteiger partial charge in [0, 0.05) is 13.1 Å². The molecule has 1 aromatic carbocycles. The van der Waals surface area contributed by atoms with Gasteiger partial charge in [-0.15, -0.1) is 0 Å². The van der Waals surface area contributed by atoms with Crippen molar-refractivity contribution in [2.24, 2.45) is 0 Å². The minimum atomic E-state index is -3.57. The Morgan fingerprint density at radius 3 is 2.28 bits per heavy atom. The fraction of sp³-hybridized carbons (Fsp3) is 0.500. The molecule has 0 amide bonds. The van der Waals surface area contributed by atoms with Crippen molar-refractivity contribution in [3.63, 3.8) is 0 Å². The second-order valence-corrected chi connectivity index (χ2v) is 6.76. The maximum atomic E-state index is 12.5. The fourth-order valence-corrected chi connectivity index (χ4v) is 4.36. The molecule has 0 unspecified atom stereocenters. The number of sulfonamides is 1. The molecule has 2 N–H and O–H groups in total. The Morgan fingerprint density at radius 1 is 1.11 bits per heavy atom. The zero-order chi connectivity index (χ0) is 13.2. The third-order valence-corrected chi connectivity index (χ3v) is 5.60. The molecule has 6 heteroatoms. The molecule has 18 heavy (non-hydrogen) atoms. The molecule has 0 atom stereocenters. The molecular weight excluding hydrogens is 272 g/mol. The Balaban J connectivity index is 2.41. The highest BCUT2D eigenvalue weighted by Crippen LogP contribution is 2.30. The lowest BCUT2D eigenvalue weighted by atomic mass is 10.2. The third-order valence-electron chi connectivity index (χ3n) is 3.16. The van der Waals surface area contributed by atoms with Crippen LogP contribution in [0.2, 0.25) is 5.02 Å². The first kappa shape index (κ1) is 13.6. The molecule has 1 heterocycles. The smallest absolute Gasteiger partial charge is 0.246 e. The Labute approximate surface area is 113 Å². The van der Waals surface area contributed by atoms with Crippen LogP contribution >= 0.6 is 11.6 Å². The predicted octanol–water partition coefficient (Wildman–Crippen LogP) is 2.49. The summed E-state index contributed by atoms with van der Waals surface area (Å²) < 4.78 is 26.6. The van der Waals surface area contributed by atoms with E-state index in [9.17, 15) is 8.42 Å². The number of halogens is 1. The molecule has 0 aromatic heterocycles. The molecule has 1 aliphatic rings. The first-order chi connectivity index (χ1) is 8.53. The average Bonchev–Trinajstić information content (AvgIpc) is 2.57. The maximum Gasteiger partial charge on any atom is 0.246 e. The highest BCUT2D eigenvalue weighted by molar-refractivity contribution is 7.89. The molecule has 0 bridgehead atoms. The molecule has 1 saturated heterocycles. The molecule has 0 spiro atoms. The van der Waals surface area contributed by atoms with E-state index in [0.717, 1.165) is 25.7 Å². The van der Waals surface area contributed by atoms with Gasteiger partial charge in [-0.25, -0.2) is 8.42 Å². The van der Waals surface area contributed by atoms with Crippen LogP contribution in [-0.4, -0.2) is 25.8 Å². The number of nitrogens with zero attached hydrogens (tertiary/aromatic N) is 1. The lowest BCUT2D eigenvalue weighted by molar-refractivity contribution is 0.424. The molecule has 0 aliphatic carbocycles. The fourth-order valence-electron chi connectivity index (χ4n) is 2.21. The number of nitrogen functional groups attached to an aromatic ring is 1. The van der Waals surface area contributed by atoms with E-state index in [4.69, 9.17) is 17.3 Å². The summed E-state index contributed by atoms with van der Waals surface area (Å²) in [6, 6.07) is 4.78. The first-order valence-corrected chi connectivity index (χ1v) is 7.89. The van der Waals surface area contributed by atoms with Gasteiger partial charge in [-0.2, -0.15) is 4.31 Å². The van der Waals surface area contributed by atoms with Crippen LogP contribution in [0, 0.1) is 0 Å². The topological polar surface area (TPSA) is 63.4 Å². The van der Waals surface area contributed by atoms with E-state index in [1.54, 1.807) is 18.2 Å². The zero-order valence-electron chi connectivity index (χ0n) is 10.1. The van der Waals surface area contributed by atoms with E-state index in [1.165, 1.54) is 4.31 Å². The van der Waals surface area contributed by atoms with Gasteiger partial charge in [0.25, 0.3) is 0 Å². The van der Waals surface area contributed by atoms with E-state index in [-0.39, 0.29) is 15.6 Å². The van der Waals surface area contributed by atoms with Crippen LogP contribution in [0.15, 0.2) is 23.1 Å². The van der Waals surface area contributed by atoms with Gasteiger partial charge in [-0.05, 0) is 25.0 Å². The van der Waals surface area contributed by atoms with Crippen LogP contribution in [0.5, 0.6) is 0 Å². The highest BCUT2D eigenvalue weighted by Gasteiger charge is 2.28. The Morgan fingerprint density at radius 2 is 1.72 bits per heavy atom. The molecule has 2 rings (SSSR count). The zero-order valence-corrected chi connectivity index (χ0v) is 11.7. The van der Waals surface area contributed by atoms with E-state index >= 15 is 0 Å². The minimum Gasteiger partial charge on any atom is -0.398 e. The first-order valence-electron chi connectivity index (χ1n) is 6.07. The van der Waals surface area contributed by atoms with Crippen molar-refractivity contribution in [2.45, 2.75) is 30.6 Å². The van der Waals surface area contributed by atoms with Crippen molar-refractivity contribution in [3.8, 4) is 0 Å².